The fourth-order valence-corrected chi connectivity index (χ4v) is 2.94. The number of rotatable bonds is 4. The second-order valence-electron chi connectivity index (χ2n) is 5.82. The Balaban J connectivity index is 1.60. The van der Waals surface area contributed by atoms with Gasteiger partial charge in [0.1, 0.15) is 6.61 Å². The average Bonchev–Trinajstić information content (AvgIpc) is 3.01. The van der Waals surface area contributed by atoms with Gasteiger partial charge in [0, 0.05) is 13.1 Å². The van der Waals surface area contributed by atoms with Gasteiger partial charge in [-0.1, -0.05) is 18.2 Å². The molecule has 1 aliphatic heterocycles. The van der Waals surface area contributed by atoms with Crippen LogP contribution in [0.15, 0.2) is 48.7 Å². The van der Waals surface area contributed by atoms with Gasteiger partial charge in [-0.2, -0.15) is 9.38 Å². The van der Waals surface area contributed by atoms with Gasteiger partial charge in [-0.3, -0.25) is 0 Å². The van der Waals surface area contributed by atoms with E-state index in [1.165, 1.54) is 4.40 Å². The molecule has 128 valence electrons. The molecule has 0 spiro atoms. The van der Waals surface area contributed by atoms with Crippen LogP contribution in [-0.2, 0) is 0 Å². The molecule has 8 nitrogen and oxygen atoms in total. The number of nitrogens with zero attached hydrogens (tertiary/aromatic N) is 4. The molecular weight excluding hydrogens is 324 g/mol. The topological polar surface area (TPSA) is 82.1 Å². The number of para-hydroxylation sites is 2. The van der Waals surface area contributed by atoms with Crippen molar-refractivity contribution in [2.24, 2.45) is 0 Å². The summed E-state index contributed by atoms with van der Waals surface area (Å²) in [4.78, 5) is 17.2. The van der Waals surface area contributed by atoms with Crippen LogP contribution >= 0.6 is 0 Å². The summed E-state index contributed by atoms with van der Waals surface area (Å²) in [6, 6.07) is 12.7. The van der Waals surface area contributed by atoms with Crippen LogP contribution in [0, 0.1) is 10.1 Å². The van der Waals surface area contributed by atoms with E-state index in [1.807, 2.05) is 24.3 Å². The van der Waals surface area contributed by atoms with Gasteiger partial charge in [-0.15, -0.1) is 0 Å². The molecule has 1 atom stereocenters. The quantitative estimate of drug-likeness (QED) is 0.536. The second kappa shape index (κ2) is 5.97. The fraction of sp³-hybridized carbons (Fsp3) is 0.235. The predicted octanol–water partition coefficient (Wildman–Crippen LogP) is 2.52. The molecule has 1 unspecified atom stereocenters. The van der Waals surface area contributed by atoms with Gasteiger partial charge < -0.3 is 24.5 Å². The van der Waals surface area contributed by atoms with Crippen LogP contribution in [0.3, 0.4) is 0 Å². The number of hydrogen-bond donors (Lipinski definition) is 0. The normalized spacial score (nSPS) is 16.0. The minimum atomic E-state index is -0.417. The molecule has 4 rings (SSSR count). The molecule has 0 amide bonds. The molecule has 0 saturated heterocycles. The van der Waals surface area contributed by atoms with Crippen LogP contribution in [-0.4, -0.2) is 40.6 Å². The number of benzene rings is 1. The SMILES string of the molecule is CN(CC1COc2ccccc2O1)c1nc2ccccn2c1[N+](=O)[O-]. The first-order valence-corrected chi connectivity index (χ1v) is 7.84. The van der Waals surface area contributed by atoms with Crippen LogP contribution in [0.25, 0.3) is 5.65 Å². The Morgan fingerprint density at radius 2 is 2.04 bits per heavy atom. The standard InChI is InChI=1S/C17H16N4O4/c1-19(10-12-11-24-13-6-2-3-7-14(13)25-12)16-17(21(22)23)20-9-5-4-8-15(20)18-16/h2-9,12H,10-11H2,1H3. The van der Waals surface area contributed by atoms with Crippen molar-refractivity contribution in [1.82, 2.24) is 9.38 Å². The van der Waals surface area contributed by atoms with Crippen LogP contribution in [0.4, 0.5) is 11.6 Å². The maximum Gasteiger partial charge on any atom is 0.372 e. The Bertz CT molecular complexity index is 939. The molecule has 0 radical (unpaired) electrons. The van der Waals surface area contributed by atoms with Crippen molar-refractivity contribution in [2.45, 2.75) is 6.10 Å². The maximum absolute atomic E-state index is 11.5. The van der Waals surface area contributed by atoms with Crippen molar-refractivity contribution in [3.05, 3.63) is 58.8 Å². The molecule has 2 aromatic heterocycles. The van der Waals surface area contributed by atoms with Gasteiger partial charge >= 0.3 is 5.82 Å². The summed E-state index contributed by atoms with van der Waals surface area (Å²) in [5.74, 6) is 1.63. The van der Waals surface area contributed by atoms with Crippen molar-refractivity contribution < 1.29 is 14.4 Å². The first-order valence-electron chi connectivity index (χ1n) is 7.84. The summed E-state index contributed by atoms with van der Waals surface area (Å²) in [5, 5.41) is 11.5. The number of pyridine rings is 1. The molecular formula is C17H16N4O4. The van der Waals surface area contributed by atoms with Gasteiger partial charge in [0.2, 0.25) is 11.5 Å². The van der Waals surface area contributed by atoms with Crippen molar-refractivity contribution in [1.29, 1.82) is 0 Å². The second-order valence-corrected chi connectivity index (χ2v) is 5.82. The van der Waals surface area contributed by atoms with E-state index in [1.54, 1.807) is 36.3 Å². The van der Waals surface area contributed by atoms with Crippen LogP contribution in [0.1, 0.15) is 0 Å². The van der Waals surface area contributed by atoms with E-state index in [4.69, 9.17) is 9.47 Å². The molecule has 1 aromatic carbocycles. The van der Waals surface area contributed by atoms with Gasteiger partial charge in [0.05, 0.1) is 12.7 Å². The first kappa shape index (κ1) is 15.3. The number of aromatic nitrogens is 2. The number of anilines is 1. The molecule has 1 aliphatic rings. The van der Waals surface area contributed by atoms with Crippen molar-refractivity contribution >= 4 is 17.3 Å². The van der Waals surface area contributed by atoms with E-state index in [-0.39, 0.29) is 11.9 Å². The zero-order valence-corrected chi connectivity index (χ0v) is 13.5. The highest BCUT2D eigenvalue weighted by atomic mass is 16.6. The number of hydrogen-bond acceptors (Lipinski definition) is 6. The van der Waals surface area contributed by atoms with Crippen molar-refractivity contribution in [3.63, 3.8) is 0 Å². The van der Waals surface area contributed by atoms with Crippen LogP contribution in [0.5, 0.6) is 11.5 Å². The van der Waals surface area contributed by atoms with Gasteiger partial charge in [-0.05, 0) is 23.1 Å². The zero-order chi connectivity index (χ0) is 17.4. The molecule has 0 saturated carbocycles. The van der Waals surface area contributed by atoms with Gasteiger partial charge in [0.15, 0.2) is 17.6 Å². The molecule has 0 bridgehead atoms. The number of nitro groups is 1. The third-order valence-corrected chi connectivity index (χ3v) is 4.07. The summed E-state index contributed by atoms with van der Waals surface area (Å²) in [7, 11) is 1.76. The predicted molar refractivity (Wildman–Crippen MR) is 91.5 cm³/mol. The summed E-state index contributed by atoms with van der Waals surface area (Å²) >= 11 is 0. The summed E-state index contributed by atoms with van der Waals surface area (Å²) in [5.41, 5.74) is 0.530. The van der Waals surface area contributed by atoms with E-state index in [2.05, 4.69) is 4.98 Å². The number of ether oxygens (including phenoxy) is 2. The molecule has 0 fully saturated rings. The number of likely N-dealkylation sites (N-methyl/N-ethyl adjacent to an activating group) is 1. The lowest BCUT2D eigenvalue weighted by Gasteiger charge is -2.29. The van der Waals surface area contributed by atoms with E-state index >= 15 is 0 Å². The highest BCUT2D eigenvalue weighted by Gasteiger charge is 2.28. The lowest BCUT2D eigenvalue weighted by molar-refractivity contribution is -0.389. The molecule has 0 aliphatic carbocycles. The maximum atomic E-state index is 11.5. The highest BCUT2D eigenvalue weighted by Crippen LogP contribution is 2.32. The average molecular weight is 340 g/mol. The van der Waals surface area contributed by atoms with E-state index in [0.717, 1.165) is 0 Å². The number of imidazole rings is 1. The van der Waals surface area contributed by atoms with Crippen molar-refractivity contribution in [3.8, 4) is 11.5 Å². The Hall–Kier alpha value is -3.29. The van der Waals surface area contributed by atoms with Gasteiger partial charge in [0.25, 0.3) is 0 Å². The summed E-state index contributed by atoms with van der Waals surface area (Å²) in [6.45, 7) is 0.793. The molecule has 25 heavy (non-hydrogen) atoms. The van der Waals surface area contributed by atoms with E-state index in [0.29, 0.717) is 36.1 Å². The smallest absolute Gasteiger partial charge is 0.372 e. The third kappa shape index (κ3) is 2.71. The van der Waals surface area contributed by atoms with E-state index < -0.39 is 4.92 Å². The van der Waals surface area contributed by atoms with Crippen LogP contribution in [0.2, 0.25) is 0 Å². The molecule has 8 heteroatoms. The minimum Gasteiger partial charge on any atom is -0.486 e. The van der Waals surface area contributed by atoms with Gasteiger partial charge in [-0.25, -0.2) is 0 Å². The largest absolute Gasteiger partial charge is 0.486 e. The highest BCUT2D eigenvalue weighted by molar-refractivity contribution is 5.63. The Labute approximate surface area is 143 Å². The zero-order valence-electron chi connectivity index (χ0n) is 13.5. The molecule has 0 N–H and O–H groups in total. The van der Waals surface area contributed by atoms with E-state index in [9.17, 15) is 10.1 Å². The Morgan fingerprint density at radius 1 is 1.28 bits per heavy atom. The fourth-order valence-electron chi connectivity index (χ4n) is 2.94. The van der Waals surface area contributed by atoms with Crippen LogP contribution < -0.4 is 14.4 Å². The third-order valence-electron chi connectivity index (χ3n) is 4.07. The number of fused-ring (bicyclic) bond motifs is 2. The minimum absolute atomic E-state index is 0.0600. The summed E-state index contributed by atoms with van der Waals surface area (Å²) in [6.07, 6.45) is 1.39. The summed E-state index contributed by atoms with van der Waals surface area (Å²) < 4.78 is 13.1. The lowest BCUT2D eigenvalue weighted by atomic mass is 10.2. The molecule has 3 heterocycles. The lowest BCUT2D eigenvalue weighted by Crippen LogP contribution is -2.39. The first-order chi connectivity index (χ1) is 12.1. The van der Waals surface area contributed by atoms with Crippen molar-refractivity contribution in [2.75, 3.05) is 25.1 Å². The Kier molecular flexibility index (Phi) is 3.64. The Morgan fingerprint density at radius 3 is 2.84 bits per heavy atom. The monoisotopic (exact) mass is 340 g/mol. The molecule has 3 aromatic rings.